The summed E-state index contributed by atoms with van der Waals surface area (Å²) in [4.78, 5) is 59.8. The second-order valence-electron chi connectivity index (χ2n) is 13.2. The molecule has 4 aliphatic rings. The number of amides is 3. The van der Waals surface area contributed by atoms with Crippen molar-refractivity contribution in [2.45, 2.75) is 82.0 Å². The van der Waals surface area contributed by atoms with Crippen LogP contribution in [0.25, 0.3) is 0 Å². The second kappa shape index (κ2) is 13.4. The summed E-state index contributed by atoms with van der Waals surface area (Å²) in [6.45, 7) is 5.47. The number of rotatable bonds is 6. The molecule has 0 radical (unpaired) electrons. The third-order valence-corrected chi connectivity index (χ3v) is 9.86. The zero-order valence-electron chi connectivity index (χ0n) is 27.0. The Hall–Kier alpha value is -4.28. The molecule has 47 heavy (non-hydrogen) atoms. The lowest BCUT2D eigenvalue weighted by molar-refractivity contribution is -0.162. The predicted molar refractivity (Wildman–Crippen MR) is 173 cm³/mol. The highest BCUT2D eigenvalue weighted by Crippen LogP contribution is 2.56. The number of allylic oxidation sites excluding steroid dienone is 1. The predicted octanol–water partition coefficient (Wildman–Crippen LogP) is 3.12. The summed E-state index contributed by atoms with van der Waals surface area (Å²) in [5.74, 6) is -3.65. The molecular formula is C37H43N3O7. The maximum Gasteiger partial charge on any atom is 0.313 e. The van der Waals surface area contributed by atoms with Crippen LogP contribution in [-0.4, -0.2) is 87.6 Å². The molecule has 0 aliphatic carbocycles. The Kier molecular flexibility index (Phi) is 9.34. The first kappa shape index (κ1) is 32.7. The van der Waals surface area contributed by atoms with Crippen molar-refractivity contribution in [2.24, 2.45) is 11.8 Å². The molecule has 5 bridgehead atoms. The van der Waals surface area contributed by atoms with Crippen LogP contribution in [0, 0.1) is 11.8 Å². The monoisotopic (exact) mass is 641 g/mol. The van der Waals surface area contributed by atoms with E-state index in [1.165, 1.54) is 4.90 Å². The quantitative estimate of drug-likeness (QED) is 0.367. The van der Waals surface area contributed by atoms with Crippen molar-refractivity contribution in [1.29, 1.82) is 0 Å². The number of nitrogens with one attached hydrogen (secondary N) is 1. The van der Waals surface area contributed by atoms with Gasteiger partial charge in [-0.2, -0.15) is 0 Å². The van der Waals surface area contributed by atoms with Crippen LogP contribution < -0.4 is 5.32 Å². The number of carbonyl (C=O) groups is 4. The summed E-state index contributed by atoms with van der Waals surface area (Å²) >= 11 is 0. The maximum absolute atomic E-state index is 14.7. The highest BCUT2D eigenvalue weighted by atomic mass is 16.6. The van der Waals surface area contributed by atoms with Crippen molar-refractivity contribution in [1.82, 2.24) is 15.1 Å². The molecule has 10 heteroatoms. The Balaban J connectivity index is 1.44. The summed E-state index contributed by atoms with van der Waals surface area (Å²) in [5, 5.41) is 13.7. The van der Waals surface area contributed by atoms with Crippen molar-refractivity contribution in [3.05, 3.63) is 96.1 Å². The first-order valence-corrected chi connectivity index (χ1v) is 16.5. The number of hydrogen-bond donors (Lipinski definition) is 2. The van der Waals surface area contributed by atoms with Gasteiger partial charge in [-0.3, -0.25) is 19.2 Å². The molecule has 248 valence electrons. The minimum Gasteiger partial charge on any atom is -0.455 e. The number of ether oxygens (including phenoxy) is 2. The highest BCUT2D eigenvalue weighted by Gasteiger charge is 2.74. The van der Waals surface area contributed by atoms with Crippen LogP contribution in [-0.2, 0) is 35.1 Å². The number of nitrogens with zero attached hydrogens (tertiary/aromatic N) is 2. The molecule has 3 amide bonds. The van der Waals surface area contributed by atoms with E-state index in [0.717, 1.165) is 5.56 Å². The lowest BCUT2D eigenvalue weighted by atomic mass is 9.74. The van der Waals surface area contributed by atoms with Gasteiger partial charge in [0.05, 0.1) is 30.7 Å². The third kappa shape index (κ3) is 6.00. The van der Waals surface area contributed by atoms with E-state index in [0.29, 0.717) is 18.4 Å². The standard InChI is InChI=1S/C37H43N3O7/c1-23(2)39-20-12-6-11-17-29(42)38-24(3)32(26-15-9-5-10-16-26)46-36(45)30-28-18-19-37(47-28)31(30)34(43)40(33(37)35(39)44)27(22-41)21-25-13-7-4-8-14-25/h4-10,12-16,18-19,23-24,27-28,30-33,41H,11,17,20-22H2,1-3H3,(H,38,42)/b12-6-/t24-,27+,28+,30-,31-,32+,33+,37-/m0/s1. The van der Waals surface area contributed by atoms with Crippen molar-refractivity contribution >= 4 is 23.7 Å². The number of carbonyl (C=O) groups excluding carboxylic acids is 4. The van der Waals surface area contributed by atoms with Crippen LogP contribution in [0.15, 0.2) is 85.0 Å². The molecule has 4 heterocycles. The van der Waals surface area contributed by atoms with E-state index in [2.05, 4.69) is 5.32 Å². The van der Waals surface area contributed by atoms with Gasteiger partial charge in [0, 0.05) is 19.0 Å². The van der Waals surface area contributed by atoms with Gasteiger partial charge >= 0.3 is 5.97 Å². The molecule has 4 aliphatic heterocycles. The van der Waals surface area contributed by atoms with Crippen molar-refractivity contribution in [2.75, 3.05) is 13.2 Å². The van der Waals surface area contributed by atoms with Gasteiger partial charge in [0.25, 0.3) is 0 Å². The van der Waals surface area contributed by atoms with Crippen molar-refractivity contribution in [3.8, 4) is 0 Å². The number of esters is 1. The molecule has 10 nitrogen and oxygen atoms in total. The number of aliphatic hydroxyl groups excluding tert-OH is 1. The zero-order valence-corrected chi connectivity index (χ0v) is 27.0. The molecule has 2 fully saturated rings. The molecule has 2 saturated heterocycles. The summed E-state index contributed by atoms with van der Waals surface area (Å²) in [7, 11) is 0. The van der Waals surface area contributed by atoms with Gasteiger partial charge in [-0.25, -0.2) is 0 Å². The Morgan fingerprint density at radius 2 is 1.68 bits per heavy atom. The Bertz CT molecular complexity index is 1540. The average molecular weight is 642 g/mol. The van der Waals surface area contributed by atoms with E-state index >= 15 is 0 Å². The topological polar surface area (TPSA) is 125 Å². The Morgan fingerprint density at radius 3 is 2.36 bits per heavy atom. The van der Waals surface area contributed by atoms with Gasteiger partial charge in [-0.05, 0) is 44.7 Å². The molecule has 2 aromatic carbocycles. The molecule has 6 rings (SSSR count). The average Bonchev–Trinajstić information content (AvgIpc) is 3.71. The molecule has 0 aromatic heterocycles. The van der Waals surface area contributed by atoms with Crippen molar-refractivity contribution in [3.63, 3.8) is 0 Å². The summed E-state index contributed by atoms with van der Waals surface area (Å²) in [5.41, 5.74) is 0.181. The number of hydrogen-bond acceptors (Lipinski definition) is 7. The molecule has 0 unspecified atom stereocenters. The van der Waals surface area contributed by atoms with Gasteiger partial charge in [0.2, 0.25) is 17.7 Å². The number of aliphatic hydroxyl groups is 1. The van der Waals surface area contributed by atoms with E-state index in [4.69, 9.17) is 9.47 Å². The Morgan fingerprint density at radius 1 is 0.979 bits per heavy atom. The number of cyclic esters (lactones) is 1. The minimum absolute atomic E-state index is 0.191. The van der Waals surface area contributed by atoms with E-state index in [9.17, 15) is 24.3 Å². The van der Waals surface area contributed by atoms with Gasteiger partial charge in [0.1, 0.15) is 23.7 Å². The van der Waals surface area contributed by atoms with Crippen LogP contribution in [0.5, 0.6) is 0 Å². The molecule has 8 atom stereocenters. The molecule has 1 spiro atoms. The van der Waals surface area contributed by atoms with Gasteiger partial charge in [0.15, 0.2) is 0 Å². The van der Waals surface area contributed by atoms with Gasteiger partial charge in [-0.1, -0.05) is 85.0 Å². The fourth-order valence-electron chi connectivity index (χ4n) is 7.63. The van der Waals surface area contributed by atoms with Crippen molar-refractivity contribution < 1.29 is 33.8 Å². The van der Waals surface area contributed by atoms with Crippen LogP contribution in [0.4, 0.5) is 0 Å². The highest BCUT2D eigenvalue weighted by molar-refractivity contribution is 5.99. The van der Waals surface area contributed by atoms with Crippen LogP contribution >= 0.6 is 0 Å². The first-order chi connectivity index (χ1) is 22.7. The normalized spacial score (nSPS) is 32.4. The van der Waals surface area contributed by atoms with E-state index in [1.807, 2.05) is 86.7 Å². The van der Waals surface area contributed by atoms with Crippen LogP contribution in [0.1, 0.15) is 50.8 Å². The van der Waals surface area contributed by atoms with E-state index < -0.39 is 59.6 Å². The lowest BCUT2D eigenvalue weighted by Crippen LogP contribution is -2.59. The molecule has 0 saturated carbocycles. The maximum atomic E-state index is 14.7. The van der Waals surface area contributed by atoms with E-state index in [-0.39, 0.29) is 37.4 Å². The summed E-state index contributed by atoms with van der Waals surface area (Å²) in [6.07, 6.45) is 6.64. The zero-order chi connectivity index (χ0) is 33.3. The molecular weight excluding hydrogens is 598 g/mol. The van der Waals surface area contributed by atoms with Gasteiger partial charge in [-0.15, -0.1) is 0 Å². The third-order valence-electron chi connectivity index (χ3n) is 9.86. The van der Waals surface area contributed by atoms with Crippen LogP contribution in [0.3, 0.4) is 0 Å². The van der Waals surface area contributed by atoms with Gasteiger partial charge < -0.3 is 29.7 Å². The number of fused-ring (bicyclic) bond motifs is 2. The Labute approximate surface area is 275 Å². The van der Waals surface area contributed by atoms with E-state index in [1.54, 1.807) is 24.0 Å². The largest absolute Gasteiger partial charge is 0.455 e. The molecule has 2 aromatic rings. The number of benzene rings is 2. The summed E-state index contributed by atoms with van der Waals surface area (Å²) in [6, 6.07) is 16.0. The molecule has 2 N–H and O–H groups in total. The second-order valence-corrected chi connectivity index (χ2v) is 13.2. The smallest absolute Gasteiger partial charge is 0.313 e. The minimum atomic E-state index is -1.42. The first-order valence-electron chi connectivity index (χ1n) is 16.5. The number of likely N-dealkylation sites (tertiary alicyclic amines) is 1. The summed E-state index contributed by atoms with van der Waals surface area (Å²) < 4.78 is 12.8. The lowest BCUT2D eigenvalue weighted by Gasteiger charge is -2.40. The van der Waals surface area contributed by atoms with Crippen LogP contribution in [0.2, 0.25) is 0 Å². The SMILES string of the molecule is CC(C)N1C/C=C\CCC(=O)N[C@@H](C)[C@H](c2ccccc2)OC(=O)[C@@H]2[C@H]3C(=O)N([C@@H](CO)Cc4ccccc4)[C@H](C1=O)[C@]31C=C[C@H]2O1. The fraction of sp³-hybridized carbons (Fsp3) is 0.459. The fourth-order valence-corrected chi connectivity index (χ4v) is 7.63.